The van der Waals surface area contributed by atoms with Crippen LogP contribution in [0.25, 0.3) is 0 Å². The lowest BCUT2D eigenvalue weighted by Crippen LogP contribution is -2.45. The number of hydrogen-bond acceptors (Lipinski definition) is 4. The van der Waals surface area contributed by atoms with Crippen molar-refractivity contribution in [3.8, 4) is 11.5 Å². The molecular weight excluding hydrogens is 377 g/mol. The summed E-state index contributed by atoms with van der Waals surface area (Å²) in [6.45, 7) is 0.437. The van der Waals surface area contributed by atoms with E-state index in [0.717, 1.165) is 44.2 Å². The molecular formula is C19H23F3N2O4. The highest BCUT2D eigenvalue weighted by Gasteiger charge is 2.32. The van der Waals surface area contributed by atoms with Crippen molar-refractivity contribution in [2.24, 2.45) is 0 Å². The molecule has 3 rings (SSSR count). The largest absolute Gasteiger partial charge is 0.573 e. The van der Waals surface area contributed by atoms with Crippen LogP contribution in [0, 0.1) is 0 Å². The predicted octanol–water partition coefficient (Wildman–Crippen LogP) is 3.31. The molecule has 1 aliphatic carbocycles. The van der Waals surface area contributed by atoms with Crippen LogP contribution in [-0.4, -0.2) is 36.9 Å². The summed E-state index contributed by atoms with van der Waals surface area (Å²) < 4.78 is 47.6. The molecule has 2 N–H and O–H groups in total. The van der Waals surface area contributed by atoms with Gasteiger partial charge in [-0.15, -0.1) is 13.2 Å². The van der Waals surface area contributed by atoms with Gasteiger partial charge in [0.1, 0.15) is 11.5 Å². The lowest BCUT2D eigenvalue weighted by atomic mass is 9.97. The van der Waals surface area contributed by atoms with Gasteiger partial charge < -0.3 is 20.1 Å². The second-order valence-corrected chi connectivity index (χ2v) is 7.10. The van der Waals surface area contributed by atoms with Gasteiger partial charge >= 0.3 is 6.36 Å². The lowest BCUT2D eigenvalue weighted by molar-refractivity contribution is -0.274. The van der Waals surface area contributed by atoms with Crippen molar-refractivity contribution in [3.63, 3.8) is 0 Å². The maximum absolute atomic E-state index is 12.7. The number of piperidine rings is 1. The fourth-order valence-corrected chi connectivity index (χ4v) is 3.52. The molecule has 0 spiro atoms. The number of amides is 2. The van der Waals surface area contributed by atoms with Crippen LogP contribution in [0.5, 0.6) is 11.5 Å². The molecule has 0 radical (unpaired) electrons. The number of ether oxygens (including phenoxy) is 2. The van der Waals surface area contributed by atoms with Gasteiger partial charge in [0, 0.05) is 19.0 Å². The Bertz CT molecular complexity index is 718. The zero-order chi connectivity index (χ0) is 20.1. The zero-order valence-electron chi connectivity index (χ0n) is 15.3. The average molecular weight is 400 g/mol. The molecule has 0 bridgehead atoms. The highest BCUT2D eigenvalue weighted by molar-refractivity contribution is 5.98. The Morgan fingerprint density at radius 3 is 2.57 bits per heavy atom. The minimum absolute atomic E-state index is 0.0293. The molecule has 9 heteroatoms. The van der Waals surface area contributed by atoms with Gasteiger partial charge in [0.2, 0.25) is 5.91 Å². The molecule has 154 valence electrons. The van der Waals surface area contributed by atoms with Crippen LogP contribution >= 0.6 is 0 Å². The molecule has 1 unspecified atom stereocenters. The summed E-state index contributed by atoms with van der Waals surface area (Å²) in [7, 11) is 0. The van der Waals surface area contributed by atoms with Crippen LogP contribution in [-0.2, 0) is 4.79 Å². The van der Waals surface area contributed by atoms with E-state index in [-0.39, 0.29) is 35.8 Å². The van der Waals surface area contributed by atoms with Crippen LogP contribution < -0.4 is 20.1 Å². The number of nitrogens with one attached hydrogen (secondary N) is 2. The summed E-state index contributed by atoms with van der Waals surface area (Å²) in [4.78, 5) is 24.2. The molecule has 2 fully saturated rings. The monoisotopic (exact) mass is 400 g/mol. The summed E-state index contributed by atoms with van der Waals surface area (Å²) in [5.41, 5.74) is -0.0293. The van der Waals surface area contributed by atoms with Crippen molar-refractivity contribution < 1.29 is 32.2 Å². The number of benzene rings is 1. The van der Waals surface area contributed by atoms with E-state index in [1.54, 1.807) is 0 Å². The normalized spacial score (nSPS) is 21.0. The molecule has 1 saturated heterocycles. The Balaban J connectivity index is 1.79. The molecule has 6 nitrogen and oxygen atoms in total. The third-order valence-electron chi connectivity index (χ3n) is 4.86. The quantitative estimate of drug-likeness (QED) is 0.795. The Morgan fingerprint density at radius 2 is 1.89 bits per heavy atom. The van der Waals surface area contributed by atoms with Crippen LogP contribution in [0.1, 0.15) is 55.3 Å². The van der Waals surface area contributed by atoms with E-state index in [4.69, 9.17) is 4.74 Å². The van der Waals surface area contributed by atoms with E-state index in [9.17, 15) is 22.8 Å². The molecule has 1 aromatic rings. The third-order valence-corrected chi connectivity index (χ3v) is 4.86. The summed E-state index contributed by atoms with van der Waals surface area (Å²) in [5, 5.41) is 5.38. The minimum atomic E-state index is -4.86. The van der Waals surface area contributed by atoms with Gasteiger partial charge in [0.15, 0.2) is 0 Å². The number of rotatable bonds is 5. The molecule has 1 saturated carbocycles. The number of halogens is 3. The van der Waals surface area contributed by atoms with Crippen LogP contribution in [0.4, 0.5) is 13.2 Å². The molecule has 1 atom stereocenters. The number of carbonyl (C=O) groups is 2. The SMILES string of the molecule is O=C1CC(NC(=O)c2cc(OC(F)(F)F)ccc2OC2CCCCC2)CCN1. The van der Waals surface area contributed by atoms with Gasteiger partial charge in [0.25, 0.3) is 5.91 Å². The summed E-state index contributed by atoms with van der Waals surface area (Å²) >= 11 is 0. The predicted molar refractivity (Wildman–Crippen MR) is 94.1 cm³/mol. The lowest BCUT2D eigenvalue weighted by Gasteiger charge is -2.26. The maximum atomic E-state index is 12.7. The van der Waals surface area contributed by atoms with Crippen molar-refractivity contribution in [1.82, 2.24) is 10.6 Å². The second-order valence-electron chi connectivity index (χ2n) is 7.10. The van der Waals surface area contributed by atoms with E-state index >= 15 is 0 Å². The van der Waals surface area contributed by atoms with Crippen molar-refractivity contribution in [1.29, 1.82) is 0 Å². The Labute approximate surface area is 160 Å². The Morgan fingerprint density at radius 1 is 1.14 bits per heavy atom. The van der Waals surface area contributed by atoms with Gasteiger partial charge in [-0.25, -0.2) is 0 Å². The molecule has 2 aliphatic rings. The Kier molecular flexibility index (Phi) is 6.31. The fourth-order valence-electron chi connectivity index (χ4n) is 3.52. The zero-order valence-corrected chi connectivity index (χ0v) is 15.3. The molecule has 1 aliphatic heterocycles. The maximum Gasteiger partial charge on any atom is 0.573 e. The smallest absolute Gasteiger partial charge is 0.490 e. The van der Waals surface area contributed by atoms with Crippen molar-refractivity contribution >= 4 is 11.8 Å². The first-order valence-corrected chi connectivity index (χ1v) is 9.44. The molecule has 28 heavy (non-hydrogen) atoms. The summed E-state index contributed by atoms with van der Waals surface area (Å²) in [5.74, 6) is -1.03. The molecule has 2 amide bonds. The van der Waals surface area contributed by atoms with Crippen molar-refractivity contribution in [3.05, 3.63) is 23.8 Å². The molecule has 0 aromatic heterocycles. The first kappa shape index (κ1) is 20.3. The highest BCUT2D eigenvalue weighted by Crippen LogP contribution is 2.31. The summed E-state index contributed by atoms with van der Waals surface area (Å²) in [6.07, 6.45) is 0.566. The van der Waals surface area contributed by atoms with Crippen LogP contribution in [0.3, 0.4) is 0 Å². The van der Waals surface area contributed by atoms with Gasteiger partial charge in [-0.3, -0.25) is 9.59 Å². The second kappa shape index (κ2) is 8.70. The molecule has 1 heterocycles. The minimum Gasteiger partial charge on any atom is -0.490 e. The van der Waals surface area contributed by atoms with Gasteiger partial charge in [-0.2, -0.15) is 0 Å². The van der Waals surface area contributed by atoms with E-state index in [0.29, 0.717) is 13.0 Å². The van der Waals surface area contributed by atoms with Crippen LogP contribution in [0.2, 0.25) is 0 Å². The van der Waals surface area contributed by atoms with Gasteiger partial charge in [0.05, 0.1) is 11.7 Å². The van der Waals surface area contributed by atoms with E-state index in [2.05, 4.69) is 15.4 Å². The first-order chi connectivity index (χ1) is 13.3. The summed E-state index contributed by atoms with van der Waals surface area (Å²) in [6, 6.07) is 3.12. The van der Waals surface area contributed by atoms with E-state index in [1.807, 2.05) is 0 Å². The fraction of sp³-hybridized carbons (Fsp3) is 0.579. The standard InChI is InChI=1S/C19H23F3N2O4/c20-19(21,22)28-14-6-7-16(27-13-4-2-1-3-5-13)15(11-14)18(26)24-12-8-9-23-17(25)10-12/h6-7,11-13H,1-5,8-10H2,(H,23,25)(H,24,26). The van der Waals surface area contributed by atoms with Gasteiger partial charge in [-0.1, -0.05) is 6.42 Å². The number of alkyl halides is 3. The first-order valence-electron chi connectivity index (χ1n) is 9.44. The third kappa shape index (κ3) is 5.77. The van der Waals surface area contributed by atoms with Gasteiger partial charge in [-0.05, 0) is 50.3 Å². The Hall–Kier alpha value is -2.45. The number of carbonyl (C=O) groups excluding carboxylic acids is 2. The topological polar surface area (TPSA) is 76.7 Å². The van der Waals surface area contributed by atoms with Crippen molar-refractivity contribution in [2.45, 2.75) is 63.5 Å². The highest BCUT2D eigenvalue weighted by atomic mass is 19.4. The van der Waals surface area contributed by atoms with E-state index < -0.39 is 18.0 Å². The molecule has 1 aromatic carbocycles. The number of hydrogen-bond donors (Lipinski definition) is 2. The van der Waals surface area contributed by atoms with Crippen LogP contribution in [0.15, 0.2) is 18.2 Å². The van der Waals surface area contributed by atoms with Crippen molar-refractivity contribution in [2.75, 3.05) is 6.54 Å². The van der Waals surface area contributed by atoms with E-state index in [1.165, 1.54) is 6.07 Å². The average Bonchev–Trinajstić information content (AvgIpc) is 2.62.